The van der Waals surface area contributed by atoms with Gasteiger partial charge in [-0.25, -0.2) is 0 Å². The predicted octanol–water partition coefficient (Wildman–Crippen LogP) is 2.43. The summed E-state index contributed by atoms with van der Waals surface area (Å²) in [4.78, 5) is 2.63. The number of hydrogen-bond acceptors (Lipinski definition) is 2. The van der Waals surface area contributed by atoms with E-state index in [2.05, 4.69) is 35.2 Å². The van der Waals surface area contributed by atoms with Crippen LogP contribution >= 0.6 is 10.7 Å². The van der Waals surface area contributed by atoms with E-state index in [1.807, 2.05) is 0 Å². The molecule has 2 heterocycles. The summed E-state index contributed by atoms with van der Waals surface area (Å²) in [6, 6.07) is 0.725. The first-order valence-electron chi connectivity index (χ1n) is 6.47. The molecule has 1 atom stereocenters. The Bertz CT molecular complexity index is 267. The van der Waals surface area contributed by atoms with Crippen molar-refractivity contribution in [1.29, 1.82) is 0 Å². The van der Waals surface area contributed by atoms with Gasteiger partial charge >= 0.3 is 0 Å². The molecule has 1 unspecified atom stereocenters. The van der Waals surface area contributed by atoms with Gasteiger partial charge in [0.1, 0.15) is 0 Å². The summed E-state index contributed by atoms with van der Waals surface area (Å²) in [5, 5.41) is 0. The maximum Gasteiger partial charge on any atom is 0.0142 e. The Morgan fingerprint density at radius 3 is 2.12 bits per heavy atom. The molecule has 0 bridgehead atoms. The lowest BCUT2D eigenvalue weighted by molar-refractivity contribution is 0.0926. The van der Waals surface area contributed by atoms with Crippen molar-refractivity contribution in [2.45, 2.75) is 39.2 Å². The van der Waals surface area contributed by atoms with E-state index in [0.717, 1.165) is 6.04 Å². The minimum Gasteiger partial charge on any atom is -0.301 e. The van der Waals surface area contributed by atoms with Crippen molar-refractivity contribution >= 4 is 16.5 Å². The van der Waals surface area contributed by atoms with E-state index in [-0.39, 0.29) is 10.7 Å². The van der Waals surface area contributed by atoms with E-state index >= 15 is 0 Å². The van der Waals surface area contributed by atoms with Gasteiger partial charge in [-0.15, -0.1) is 10.7 Å². The third-order valence-corrected chi connectivity index (χ3v) is 5.63. The molecule has 2 aliphatic rings. The van der Waals surface area contributed by atoms with Gasteiger partial charge in [-0.2, -0.15) is 0 Å². The van der Waals surface area contributed by atoms with Crippen LogP contribution in [0.5, 0.6) is 0 Å². The normalized spacial score (nSPS) is 29.0. The molecule has 0 saturated carbocycles. The minimum absolute atomic E-state index is 0.234. The van der Waals surface area contributed by atoms with Crippen LogP contribution in [0.3, 0.4) is 0 Å². The van der Waals surface area contributed by atoms with Crippen LogP contribution in [0.4, 0.5) is 0 Å². The van der Waals surface area contributed by atoms with Crippen LogP contribution < -0.4 is 0 Å². The van der Waals surface area contributed by atoms with Crippen molar-refractivity contribution in [2.75, 3.05) is 32.4 Å². The van der Waals surface area contributed by atoms with E-state index in [0.29, 0.717) is 5.41 Å². The third-order valence-electron chi connectivity index (χ3n) is 4.43. The molecule has 0 aromatic rings. The number of piperidine rings is 1. The Hall–Kier alpha value is 0.140. The van der Waals surface area contributed by atoms with E-state index in [9.17, 15) is 0 Å². The Kier molecular flexibility index (Phi) is 3.77. The predicted molar refractivity (Wildman–Crippen MR) is 75.2 cm³/mol. The second kappa shape index (κ2) is 4.79. The number of nitrogens with zero attached hydrogens (tertiary/aromatic N) is 2. The van der Waals surface area contributed by atoms with Gasteiger partial charge in [-0.05, 0) is 57.9 Å². The molecule has 2 fully saturated rings. The quantitative estimate of drug-likeness (QED) is 0.686. The fraction of sp³-hybridized carbons (Fsp3) is 0.923. The maximum absolute atomic E-state index is 4.18. The van der Waals surface area contributed by atoms with Gasteiger partial charge in [0.25, 0.3) is 0 Å². The van der Waals surface area contributed by atoms with Crippen molar-refractivity contribution in [3.63, 3.8) is 0 Å². The van der Waals surface area contributed by atoms with Crippen LogP contribution in [-0.2, 0) is 0 Å². The van der Waals surface area contributed by atoms with Gasteiger partial charge < -0.3 is 4.90 Å². The molecule has 0 N–H and O–H groups in total. The second-order valence-electron chi connectivity index (χ2n) is 5.84. The Labute approximate surface area is 103 Å². The fourth-order valence-electron chi connectivity index (χ4n) is 3.08. The monoisotopic (exact) mass is 242 g/mol. The average Bonchev–Trinajstić information content (AvgIpc) is 2.63. The first-order valence-corrected chi connectivity index (χ1v) is 8.23. The van der Waals surface area contributed by atoms with Crippen LogP contribution in [0, 0.1) is 5.41 Å². The summed E-state index contributed by atoms with van der Waals surface area (Å²) in [6.07, 6.45) is 6.46. The Morgan fingerprint density at radius 1 is 1.12 bits per heavy atom. The number of hydrogen-bond donors (Lipinski definition) is 0. The molecule has 3 heteroatoms. The van der Waals surface area contributed by atoms with Crippen molar-refractivity contribution in [1.82, 2.24) is 9.21 Å². The molecule has 0 aliphatic carbocycles. The molecule has 1 spiro atoms. The summed E-state index contributed by atoms with van der Waals surface area (Å²) in [5.41, 5.74) is 0.643. The van der Waals surface area contributed by atoms with Crippen LogP contribution in [0.2, 0.25) is 0 Å². The van der Waals surface area contributed by atoms with Crippen LogP contribution in [-0.4, -0.2) is 53.6 Å². The van der Waals surface area contributed by atoms with Crippen LogP contribution in [0.1, 0.15) is 33.1 Å². The standard InChI is InChI=1S/C13H26N2S/c1-12(2)14-8-5-13(6-9-14)7-10-15(11-13)16(3)4/h12H,3,5-11H2,1-2,4H3. The maximum atomic E-state index is 4.18. The molecule has 16 heavy (non-hydrogen) atoms. The minimum atomic E-state index is 0.234. The highest BCUT2D eigenvalue weighted by atomic mass is 32.2. The molecule has 0 aromatic carbocycles. The van der Waals surface area contributed by atoms with Crippen molar-refractivity contribution < 1.29 is 0 Å². The first-order chi connectivity index (χ1) is 7.52. The largest absolute Gasteiger partial charge is 0.301 e. The van der Waals surface area contributed by atoms with E-state index in [1.54, 1.807) is 0 Å². The SMILES string of the molecule is C=S(C)N1CCC2(CCN(C(C)C)CC2)C1. The van der Waals surface area contributed by atoms with E-state index in [1.165, 1.54) is 45.4 Å². The summed E-state index contributed by atoms with van der Waals surface area (Å²) in [6.45, 7) is 9.84. The molecule has 0 radical (unpaired) electrons. The number of rotatable bonds is 2. The summed E-state index contributed by atoms with van der Waals surface area (Å²) in [5.74, 6) is 4.18. The highest BCUT2D eigenvalue weighted by Crippen LogP contribution is 2.43. The topological polar surface area (TPSA) is 6.48 Å². The fourth-order valence-corrected chi connectivity index (χ4v) is 3.98. The van der Waals surface area contributed by atoms with Gasteiger partial charge in [-0.3, -0.25) is 4.31 Å². The van der Waals surface area contributed by atoms with E-state index < -0.39 is 0 Å². The molecule has 2 saturated heterocycles. The van der Waals surface area contributed by atoms with Gasteiger partial charge in [0.05, 0.1) is 0 Å². The Morgan fingerprint density at radius 2 is 1.69 bits per heavy atom. The molecule has 0 amide bonds. The highest BCUT2D eigenvalue weighted by molar-refractivity contribution is 8.11. The lowest BCUT2D eigenvalue weighted by Gasteiger charge is -2.41. The van der Waals surface area contributed by atoms with Crippen molar-refractivity contribution in [2.24, 2.45) is 5.41 Å². The van der Waals surface area contributed by atoms with E-state index in [4.69, 9.17) is 0 Å². The third kappa shape index (κ3) is 2.52. The zero-order chi connectivity index (χ0) is 11.8. The zero-order valence-electron chi connectivity index (χ0n) is 11.0. The smallest absolute Gasteiger partial charge is 0.0142 e. The molecular formula is C13H26N2S. The van der Waals surface area contributed by atoms with Gasteiger partial charge in [0, 0.05) is 19.1 Å². The van der Waals surface area contributed by atoms with Gasteiger partial charge in [0.15, 0.2) is 0 Å². The zero-order valence-corrected chi connectivity index (χ0v) is 11.9. The molecular weight excluding hydrogens is 216 g/mol. The molecule has 2 rings (SSSR count). The molecule has 0 aromatic heterocycles. The summed E-state index contributed by atoms with van der Waals surface area (Å²) >= 11 is 0. The van der Waals surface area contributed by atoms with Gasteiger partial charge in [-0.1, -0.05) is 5.87 Å². The lowest BCUT2D eigenvalue weighted by Crippen LogP contribution is -2.44. The lowest BCUT2D eigenvalue weighted by atomic mass is 9.77. The summed E-state index contributed by atoms with van der Waals surface area (Å²) < 4.78 is 2.59. The molecule has 2 nitrogen and oxygen atoms in total. The number of likely N-dealkylation sites (tertiary alicyclic amines) is 1. The average molecular weight is 242 g/mol. The van der Waals surface area contributed by atoms with Crippen molar-refractivity contribution in [3.05, 3.63) is 0 Å². The molecule has 2 aliphatic heterocycles. The Balaban J connectivity index is 1.91. The van der Waals surface area contributed by atoms with Crippen molar-refractivity contribution in [3.8, 4) is 0 Å². The second-order valence-corrected chi connectivity index (χ2v) is 7.56. The highest BCUT2D eigenvalue weighted by Gasteiger charge is 2.40. The first kappa shape index (κ1) is 12.6. The van der Waals surface area contributed by atoms with Crippen LogP contribution in [0.15, 0.2) is 0 Å². The summed E-state index contributed by atoms with van der Waals surface area (Å²) in [7, 11) is 0.234. The molecule has 94 valence electrons. The van der Waals surface area contributed by atoms with Crippen LogP contribution in [0.25, 0.3) is 0 Å². The van der Waals surface area contributed by atoms with Gasteiger partial charge in [0.2, 0.25) is 0 Å².